The second-order valence-electron chi connectivity index (χ2n) is 5.99. The van der Waals surface area contributed by atoms with Gasteiger partial charge in [0.25, 0.3) is 5.91 Å². The van der Waals surface area contributed by atoms with E-state index in [4.69, 9.17) is 4.74 Å². The molecule has 1 amide bonds. The molecule has 0 atom stereocenters. The lowest BCUT2D eigenvalue weighted by Gasteiger charge is -2.13. The van der Waals surface area contributed by atoms with Gasteiger partial charge in [0.1, 0.15) is 5.75 Å². The van der Waals surface area contributed by atoms with Gasteiger partial charge >= 0.3 is 0 Å². The lowest BCUT2D eigenvalue weighted by atomic mass is 10.0. The molecule has 0 saturated carbocycles. The average Bonchev–Trinajstić information content (AvgIpc) is 2.68. The first-order valence-corrected chi connectivity index (χ1v) is 8.45. The van der Waals surface area contributed by atoms with Crippen molar-refractivity contribution in [3.63, 3.8) is 0 Å². The van der Waals surface area contributed by atoms with E-state index in [9.17, 15) is 4.79 Å². The van der Waals surface area contributed by atoms with Gasteiger partial charge in [-0.2, -0.15) is 0 Å². The molecular weight excluding hydrogens is 322 g/mol. The fourth-order valence-corrected chi connectivity index (χ4v) is 2.72. The van der Waals surface area contributed by atoms with E-state index in [1.807, 2.05) is 91.9 Å². The Morgan fingerprint density at radius 2 is 1.58 bits per heavy atom. The molecule has 0 saturated heterocycles. The van der Waals surface area contributed by atoms with Crippen molar-refractivity contribution in [1.82, 2.24) is 0 Å². The lowest BCUT2D eigenvalue weighted by molar-refractivity contribution is -0.111. The molecule has 3 heteroatoms. The first-order chi connectivity index (χ1) is 12.7. The van der Waals surface area contributed by atoms with Crippen molar-refractivity contribution in [2.45, 2.75) is 6.92 Å². The fraction of sp³-hybridized carbons (Fsp3) is 0.0870. The van der Waals surface area contributed by atoms with Crippen LogP contribution >= 0.6 is 0 Å². The highest BCUT2D eigenvalue weighted by atomic mass is 16.5. The van der Waals surface area contributed by atoms with E-state index in [2.05, 4.69) is 5.32 Å². The lowest BCUT2D eigenvalue weighted by Crippen LogP contribution is -2.14. The van der Waals surface area contributed by atoms with E-state index < -0.39 is 0 Å². The van der Waals surface area contributed by atoms with Crippen molar-refractivity contribution in [3.05, 3.63) is 95.6 Å². The third-order valence-electron chi connectivity index (χ3n) is 4.04. The van der Waals surface area contributed by atoms with Crippen molar-refractivity contribution >= 4 is 23.2 Å². The molecule has 0 aliphatic heterocycles. The molecular formula is C23H21NO2. The topological polar surface area (TPSA) is 38.3 Å². The molecule has 0 heterocycles. The Bertz CT molecular complexity index is 915. The van der Waals surface area contributed by atoms with Crippen LogP contribution in [0.25, 0.3) is 11.6 Å². The number of hydrogen-bond acceptors (Lipinski definition) is 2. The van der Waals surface area contributed by atoms with Gasteiger partial charge in [-0.1, -0.05) is 66.7 Å². The summed E-state index contributed by atoms with van der Waals surface area (Å²) in [5.41, 5.74) is 4.14. The van der Waals surface area contributed by atoms with Gasteiger partial charge < -0.3 is 10.1 Å². The number of carbonyl (C=O) groups excluding carboxylic acids is 1. The summed E-state index contributed by atoms with van der Waals surface area (Å²) in [7, 11) is 1.60. The number of carbonyl (C=O) groups is 1. The van der Waals surface area contributed by atoms with Crippen molar-refractivity contribution in [2.24, 2.45) is 0 Å². The Balaban J connectivity index is 1.99. The standard InChI is InChI=1S/C23H21NO2/c1-17-13-14-22(26-2)21(15-17)24-23(25)20(19-11-7-4-8-12-19)16-18-9-5-3-6-10-18/h3-16H,1-2H3,(H,24,25)/b20-16-. The summed E-state index contributed by atoms with van der Waals surface area (Å²) in [6.45, 7) is 1.98. The number of amides is 1. The van der Waals surface area contributed by atoms with Crippen LogP contribution in [-0.2, 0) is 4.79 Å². The highest BCUT2D eigenvalue weighted by Gasteiger charge is 2.14. The smallest absolute Gasteiger partial charge is 0.256 e. The van der Waals surface area contributed by atoms with Gasteiger partial charge in [-0.05, 0) is 41.8 Å². The number of methoxy groups -OCH3 is 1. The zero-order valence-electron chi connectivity index (χ0n) is 14.9. The van der Waals surface area contributed by atoms with Gasteiger partial charge in [0.05, 0.1) is 12.8 Å². The molecule has 0 radical (unpaired) electrons. The molecule has 0 aliphatic carbocycles. The van der Waals surface area contributed by atoms with E-state index in [0.29, 0.717) is 17.0 Å². The van der Waals surface area contributed by atoms with Crippen LogP contribution in [0.15, 0.2) is 78.9 Å². The minimum Gasteiger partial charge on any atom is -0.495 e. The summed E-state index contributed by atoms with van der Waals surface area (Å²) < 4.78 is 5.37. The first kappa shape index (κ1) is 17.5. The predicted octanol–water partition coefficient (Wildman–Crippen LogP) is 5.18. The molecule has 0 unspecified atom stereocenters. The number of aryl methyl sites for hydroxylation is 1. The molecule has 0 aromatic heterocycles. The average molecular weight is 343 g/mol. The molecule has 26 heavy (non-hydrogen) atoms. The quantitative estimate of drug-likeness (QED) is 0.512. The van der Waals surface area contributed by atoms with Gasteiger partial charge in [-0.3, -0.25) is 4.79 Å². The molecule has 3 rings (SSSR count). The van der Waals surface area contributed by atoms with Gasteiger partial charge in [0.2, 0.25) is 0 Å². The number of benzene rings is 3. The third-order valence-corrected chi connectivity index (χ3v) is 4.04. The molecule has 0 aliphatic rings. The Morgan fingerprint density at radius 1 is 0.923 bits per heavy atom. The SMILES string of the molecule is COc1ccc(C)cc1NC(=O)/C(=C\c1ccccc1)c1ccccc1. The Morgan fingerprint density at radius 3 is 2.23 bits per heavy atom. The molecule has 130 valence electrons. The Kier molecular flexibility index (Phi) is 5.49. The summed E-state index contributed by atoms with van der Waals surface area (Å²) in [5.74, 6) is 0.458. The van der Waals surface area contributed by atoms with Crippen LogP contribution in [-0.4, -0.2) is 13.0 Å². The highest BCUT2D eigenvalue weighted by Crippen LogP contribution is 2.27. The Labute approximate surface area is 154 Å². The van der Waals surface area contributed by atoms with Crippen LogP contribution in [0, 0.1) is 6.92 Å². The Hall–Kier alpha value is -3.33. The molecule has 1 N–H and O–H groups in total. The minimum atomic E-state index is -0.177. The molecule has 3 nitrogen and oxygen atoms in total. The van der Waals surface area contributed by atoms with Crippen molar-refractivity contribution in [1.29, 1.82) is 0 Å². The number of hydrogen-bond donors (Lipinski definition) is 1. The van der Waals surface area contributed by atoms with Crippen molar-refractivity contribution < 1.29 is 9.53 Å². The van der Waals surface area contributed by atoms with E-state index >= 15 is 0 Å². The van der Waals surface area contributed by atoms with Crippen LogP contribution in [0.3, 0.4) is 0 Å². The van der Waals surface area contributed by atoms with Crippen LogP contribution in [0.5, 0.6) is 5.75 Å². The van der Waals surface area contributed by atoms with Crippen LogP contribution in [0.1, 0.15) is 16.7 Å². The molecule has 0 spiro atoms. The van der Waals surface area contributed by atoms with E-state index in [1.165, 1.54) is 0 Å². The van der Waals surface area contributed by atoms with E-state index in [1.54, 1.807) is 7.11 Å². The third kappa shape index (κ3) is 4.19. The van der Waals surface area contributed by atoms with Crippen LogP contribution < -0.4 is 10.1 Å². The zero-order valence-corrected chi connectivity index (χ0v) is 14.9. The second kappa shape index (κ2) is 8.17. The number of rotatable bonds is 5. The van der Waals surface area contributed by atoms with Crippen molar-refractivity contribution in [2.75, 3.05) is 12.4 Å². The maximum atomic E-state index is 13.1. The maximum Gasteiger partial charge on any atom is 0.256 e. The van der Waals surface area contributed by atoms with Crippen LogP contribution in [0.2, 0.25) is 0 Å². The second-order valence-corrected chi connectivity index (χ2v) is 5.99. The minimum absolute atomic E-state index is 0.177. The molecule has 0 bridgehead atoms. The van der Waals surface area contributed by atoms with Gasteiger partial charge in [-0.15, -0.1) is 0 Å². The summed E-state index contributed by atoms with van der Waals surface area (Å²) in [4.78, 5) is 13.1. The number of nitrogens with one attached hydrogen (secondary N) is 1. The normalized spacial score (nSPS) is 11.1. The summed E-state index contributed by atoms with van der Waals surface area (Å²) in [6.07, 6.45) is 1.90. The molecule has 0 fully saturated rings. The summed E-state index contributed by atoms with van der Waals surface area (Å²) in [5, 5.41) is 2.99. The largest absolute Gasteiger partial charge is 0.495 e. The maximum absolute atomic E-state index is 13.1. The first-order valence-electron chi connectivity index (χ1n) is 8.45. The summed E-state index contributed by atoms with van der Waals surface area (Å²) in [6, 6.07) is 25.2. The van der Waals surface area contributed by atoms with Crippen molar-refractivity contribution in [3.8, 4) is 5.75 Å². The monoisotopic (exact) mass is 343 g/mol. The number of ether oxygens (including phenoxy) is 1. The summed E-state index contributed by atoms with van der Waals surface area (Å²) >= 11 is 0. The van der Waals surface area contributed by atoms with Crippen LogP contribution in [0.4, 0.5) is 5.69 Å². The predicted molar refractivity (Wildman–Crippen MR) is 107 cm³/mol. The molecule has 3 aromatic rings. The van der Waals surface area contributed by atoms with Gasteiger partial charge in [-0.25, -0.2) is 0 Å². The highest BCUT2D eigenvalue weighted by molar-refractivity contribution is 6.29. The van der Waals surface area contributed by atoms with Gasteiger partial charge in [0, 0.05) is 5.57 Å². The fourth-order valence-electron chi connectivity index (χ4n) is 2.72. The number of anilines is 1. The van der Waals surface area contributed by atoms with Gasteiger partial charge in [0.15, 0.2) is 0 Å². The zero-order chi connectivity index (χ0) is 18.4. The molecule has 3 aromatic carbocycles. The van der Waals surface area contributed by atoms with E-state index in [-0.39, 0.29) is 5.91 Å². The van der Waals surface area contributed by atoms with E-state index in [0.717, 1.165) is 16.7 Å².